The third-order valence-corrected chi connectivity index (χ3v) is 3.50. The van der Waals surface area contributed by atoms with E-state index >= 15 is 0 Å². The van der Waals surface area contributed by atoms with E-state index in [0.717, 1.165) is 6.07 Å². The number of halogens is 4. The number of phenolic OH excluding ortho intramolecular Hbond substituents is 1. The Kier molecular flexibility index (Phi) is 4.12. The van der Waals surface area contributed by atoms with E-state index in [2.05, 4.69) is 0 Å². The molecule has 3 rings (SSSR count). The molecule has 0 saturated heterocycles. The zero-order valence-electron chi connectivity index (χ0n) is 12.7. The lowest BCUT2D eigenvalue weighted by atomic mass is 10.0. The molecule has 0 aliphatic carbocycles. The van der Waals surface area contributed by atoms with Gasteiger partial charge < -0.3 is 14.3 Å². The fourth-order valence-corrected chi connectivity index (χ4v) is 2.42. The largest absolute Gasteiger partial charge is 0.508 e. The van der Waals surface area contributed by atoms with E-state index < -0.39 is 40.6 Å². The molecule has 0 fully saturated rings. The highest BCUT2D eigenvalue weighted by Gasteiger charge is 2.29. The Hall–Kier alpha value is -3.03. The molecule has 4 nitrogen and oxygen atoms in total. The molecule has 25 heavy (non-hydrogen) atoms. The molecule has 0 aliphatic rings. The molecule has 0 radical (unpaired) electrons. The maximum Gasteiger partial charge on any atom is 0.342 e. The first-order valence-electron chi connectivity index (χ1n) is 7.11. The Labute approximate surface area is 138 Å². The Morgan fingerprint density at radius 3 is 2.52 bits per heavy atom. The SMILES string of the molecule is CCOC(=O)c1c(-c2cc(F)c(F)c(F)c2F)oc2ccc(O)cc12. The predicted octanol–water partition coefficient (Wildman–Crippen LogP) is 4.54. The molecule has 2 aromatic carbocycles. The number of rotatable bonds is 3. The number of furan rings is 1. The normalized spacial score (nSPS) is 11.1. The quantitative estimate of drug-likeness (QED) is 0.325. The summed E-state index contributed by atoms with van der Waals surface area (Å²) in [5.74, 6) is -9.08. The van der Waals surface area contributed by atoms with Gasteiger partial charge in [-0.1, -0.05) is 0 Å². The van der Waals surface area contributed by atoms with Crippen molar-refractivity contribution in [1.82, 2.24) is 0 Å². The molecule has 0 amide bonds. The highest BCUT2D eigenvalue weighted by Crippen LogP contribution is 2.38. The van der Waals surface area contributed by atoms with Crippen molar-refractivity contribution in [2.75, 3.05) is 6.61 Å². The Bertz CT molecular complexity index is 994. The number of phenols is 1. The fourth-order valence-electron chi connectivity index (χ4n) is 2.42. The summed E-state index contributed by atoms with van der Waals surface area (Å²) < 4.78 is 64.6. The second kappa shape index (κ2) is 6.12. The van der Waals surface area contributed by atoms with Gasteiger partial charge in [-0.2, -0.15) is 0 Å². The van der Waals surface area contributed by atoms with Crippen LogP contribution in [-0.2, 0) is 4.74 Å². The Morgan fingerprint density at radius 2 is 1.84 bits per heavy atom. The lowest BCUT2D eigenvalue weighted by Gasteiger charge is -2.06. The summed E-state index contributed by atoms with van der Waals surface area (Å²) in [5, 5.41) is 9.64. The number of hydrogen-bond donors (Lipinski definition) is 1. The topological polar surface area (TPSA) is 59.7 Å². The predicted molar refractivity (Wildman–Crippen MR) is 79.1 cm³/mol. The second-order valence-corrected chi connectivity index (χ2v) is 5.06. The fraction of sp³-hybridized carbons (Fsp3) is 0.118. The summed E-state index contributed by atoms with van der Waals surface area (Å²) in [6.45, 7) is 1.49. The van der Waals surface area contributed by atoms with Gasteiger partial charge >= 0.3 is 5.97 Å². The van der Waals surface area contributed by atoms with Crippen LogP contribution >= 0.6 is 0 Å². The van der Waals surface area contributed by atoms with Crippen LogP contribution in [0.2, 0.25) is 0 Å². The van der Waals surface area contributed by atoms with Crippen LogP contribution in [-0.4, -0.2) is 17.7 Å². The van der Waals surface area contributed by atoms with Gasteiger partial charge in [0, 0.05) is 5.39 Å². The van der Waals surface area contributed by atoms with Gasteiger partial charge in [-0.3, -0.25) is 0 Å². The van der Waals surface area contributed by atoms with Gasteiger partial charge in [-0.25, -0.2) is 22.4 Å². The summed E-state index contributed by atoms with van der Waals surface area (Å²) >= 11 is 0. The lowest BCUT2D eigenvalue weighted by molar-refractivity contribution is 0.0528. The number of esters is 1. The molecule has 0 aliphatic heterocycles. The van der Waals surface area contributed by atoms with Crippen LogP contribution in [0.15, 0.2) is 28.7 Å². The summed E-state index contributed by atoms with van der Waals surface area (Å²) in [6.07, 6.45) is 0. The molecular formula is C17H10F4O4. The number of hydrogen-bond acceptors (Lipinski definition) is 4. The van der Waals surface area contributed by atoms with Crippen molar-refractivity contribution >= 4 is 16.9 Å². The van der Waals surface area contributed by atoms with Crippen molar-refractivity contribution < 1.29 is 36.6 Å². The van der Waals surface area contributed by atoms with Crippen molar-refractivity contribution in [3.8, 4) is 17.1 Å². The number of benzene rings is 2. The van der Waals surface area contributed by atoms with E-state index in [0.29, 0.717) is 6.07 Å². The van der Waals surface area contributed by atoms with Crippen molar-refractivity contribution in [2.24, 2.45) is 0 Å². The van der Waals surface area contributed by atoms with Gasteiger partial charge in [0.05, 0.1) is 12.2 Å². The van der Waals surface area contributed by atoms with Crippen LogP contribution in [0.3, 0.4) is 0 Å². The summed E-state index contributed by atoms with van der Waals surface area (Å²) in [6, 6.07) is 4.06. The van der Waals surface area contributed by atoms with E-state index in [1.807, 2.05) is 0 Å². The van der Waals surface area contributed by atoms with E-state index in [4.69, 9.17) is 9.15 Å². The number of carbonyl (C=O) groups is 1. The third-order valence-electron chi connectivity index (χ3n) is 3.50. The third kappa shape index (κ3) is 2.69. The zero-order valence-corrected chi connectivity index (χ0v) is 12.7. The summed E-state index contributed by atoms with van der Waals surface area (Å²) in [7, 11) is 0. The van der Waals surface area contributed by atoms with Gasteiger partial charge in [0.25, 0.3) is 0 Å². The summed E-state index contributed by atoms with van der Waals surface area (Å²) in [5.41, 5.74) is -1.08. The first-order valence-corrected chi connectivity index (χ1v) is 7.11. The molecular weight excluding hydrogens is 344 g/mol. The zero-order chi connectivity index (χ0) is 18.3. The van der Waals surface area contributed by atoms with Gasteiger partial charge in [-0.15, -0.1) is 0 Å². The average molecular weight is 354 g/mol. The maximum absolute atomic E-state index is 14.1. The molecule has 1 aromatic heterocycles. The van der Waals surface area contributed by atoms with E-state index in [1.54, 1.807) is 0 Å². The molecule has 0 saturated carbocycles. The van der Waals surface area contributed by atoms with Crippen molar-refractivity contribution in [3.05, 3.63) is 53.1 Å². The van der Waals surface area contributed by atoms with Gasteiger partial charge in [-0.05, 0) is 31.2 Å². The molecule has 0 spiro atoms. The van der Waals surface area contributed by atoms with Crippen molar-refractivity contribution in [2.45, 2.75) is 6.92 Å². The molecule has 0 bridgehead atoms. The van der Waals surface area contributed by atoms with E-state index in [-0.39, 0.29) is 28.9 Å². The molecule has 1 N–H and O–H groups in total. The second-order valence-electron chi connectivity index (χ2n) is 5.06. The lowest BCUT2D eigenvalue weighted by Crippen LogP contribution is -2.06. The van der Waals surface area contributed by atoms with E-state index in [1.165, 1.54) is 19.1 Å². The van der Waals surface area contributed by atoms with E-state index in [9.17, 15) is 27.5 Å². The molecule has 0 atom stereocenters. The minimum atomic E-state index is -2.03. The molecule has 0 unspecified atom stereocenters. The van der Waals surface area contributed by atoms with Crippen LogP contribution in [0, 0.1) is 23.3 Å². The number of ether oxygens (including phenoxy) is 1. The van der Waals surface area contributed by atoms with Crippen molar-refractivity contribution in [3.63, 3.8) is 0 Å². The number of aromatic hydroxyl groups is 1. The van der Waals surface area contributed by atoms with Crippen LogP contribution in [0.4, 0.5) is 17.6 Å². The monoisotopic (exact) mass is 354 g/mol. The van der Waals surface area contributed by atoms with Crippen molar-refractivity contribution in [1.29, 1.82) is 0 Å². The van der Waals surface area contributed by atoms with Crippen LogP contribution < -0.4 is 0 Å². The van der Waals surface area contributed by atoms with Crippen LogP contribution in [0.1, 0.15) is 17.3 Å². The molecule has 8 heteroatoms. The first-order chi connectivity index (χ1) is 11.8. The molecule has 1 heterocycles. The summed E-state index contributed by atoms with van der Waals surface area (Å²) in [4.78, 5) is 12.2. The smallest absolute Gasteiger partial charge is 0.342 e. The van der Waals surface area contributed by atoms with Crippen LogP contribution in [0.5, 0.6) is 5.75 Å². The highest BCUT2D eigenvalue weighted by atomic mass is 19.2. The van der Waals surface area contributed by atoms with Crippen LogP contribution in [0.25, 0.3) is 22.3 Å². The minimum absolute atomic E-state index is 0.0294. The van der Waals surface area contributed by atoms with Gasteiger partial charge in [0.1, 0.15) is 16.9 Å². The minimum Gasteiger partial charge on any atom is -0.508 e. The average Bonchev–Trinajstić information content (AvgIpc) is 2.94. The number of carbonyl (C=O) groups excluding carboxylic acids is 1. The van der Waals surface area contributed by atoms with Gasteiger partial charge in [0.15, 0.2) is 29.0 Å². The van der Waals surface area contributed by atoms with Gasteiger partial charge in [0.2, 0.25) is 0 Å². The number of fused-ring (bicyclic) bond motifs is 1. The Balaban J connectivity index is 2.37. The first kappa shape index (κ1) is 16.8. The highest BCUT2D eigenvalue weighted by molar-refractivity contribution is 6.09. The maximum atomic E-state index is 14.1. The standard InChI is InChI=1S/C17H10F4O4/c1-2-24-17(23)12-8-5-7(22)3-4-11(8)25-16(12)9-6-10(18)14(20)15(21)13(9)19/h3-6,22H,2H2,1H3. The molecule has 3 aromatic rings. The Morgan fingerprint density at radius 1 is 1.12 bits per heavy atom. The molecule has 130 valence electrons.